The lowest BCUT2D eigenvalue weighted by Crippen LogP contribution is -2.28. The Bertz CT molecular complexity index is 1840. The fourth-order valence-corrected chi connectivity index (χ4v) is 4.71. The minimum absolute atomic E-state index is 0.0341. The van der Waals surface area contributed by atoms with Gasteiger partial charge in [0.1, 0.15) is 11.3 Å². The van der Waals surface area contributed by atoms with E-state index in [1.807, 2.05) is 30.3 Å². The lowest BCUT2D eigenvalue weighted by atomic mass is 9.85. The Morgan fingerprint density at radius 3 is 2.79 bits per heavy atom. The topological polar surface area (TPSA) is 125 Å². The Balaban J connectivity index is 1.26. The minimum Gasteiger partial charge on any atom is -0.335 e. The average molecular weight is 505 g/mol. The van der Waals surface area contributed by atoms with Crippen molar-refractivity contribution in [1.29, 1.82) is 0 Å². The summed E-state index contributed by atoms with van der Waals surface area (Å²) >= 11 is 0. The third kappa shape index (κ3) is 3.86. The van der Waals surface area contributed by atoms with Crippen molar-refractivity contribution < 1.29 is 9.18 Å². The second-order valence-electron chi connectivity index (χ2n) is 9.40. The molecule has 1 aromatic carbocycles. The molecular formula is C28H21FN8O. The highest BCUT2D eigenvalue weighted by Crippen LogP contribution is 2.32. The number of halogens is 1. The third-order valence-electron chi connectivity index (χ3n) is 6.94. The van der Waals surface area contributed by atoms with Gasteiger partial charge in [0, 0.05) is 29.4 Å². The van der Waals surface area contributed by atoms with Crippen LogP contribution in [-0.2, 0) is 4.79 Å². The SMILES string of the molecule is O=C(Nc1cncc(-c2ccc3[nH]nc(-c4nc5nccc(-c6cccc(F)c6)c5[nH]4)c3n2)c1)C1CCC1. The number of amides is 1. The molecule has 0 radical (unpaired) electrons. The van der Waals surface area contributed by atoms with Crippen molar-refractivity contribution in [3.8, 4) is 33.9 Å². The van der Waals surface area contributed by atoms with Gasteiger partial charge in [0.25, 0.3) is 0 Å². The highest BCUT2D eigenvalue weighted by molar-refractivity contribution is 5.95. The second kappa shape index (κ2) is 8.84. The van der Waals surface area contributed by atoms with E-state index in [9.17, 15) is 9.18 Å². The largest absolute Gasteiger partial charge is 0.335 e. The number of pyridine rings is 3. The monoisotopic (exact) mass is 504 g/mol. The molecule has 0 bridgehead atoms. The summed E-state index contributed by atoms with van der Waals surface area (Å²) in [6.07, 6.45) is 7.96. The maximum Gasteiger partial charge on any atom is 0.227 e. The van der Waals surface area contributed by atoms with Crippen molar-refractivity contribution in [2.45, 2.75) is 19.3 Å². The van der Waals surface area contributed by atoms with Crippen LogP contribution in [0.15, 0.2) is 67.1 Å². The van der Waals surface area contributed by atoms with Crippen LogP contribution in [0.3, 0.4) is 0 Å². The van der Waals surface area contributed by atoms with Crippen molar-refractivity contribution in [3.05, 3.63) is 72.9 Å². The zero-order valence-electron chi connectivity index (χ0n) is 20.1. The van der Waals surface area contributed by atoms with Crippen molar-refractivity contribution in [3.63, 3.8) is 0 Å². The van der Waals surface area contributed by atoms with Gasteiger partial charge in [-0.2, -0.15) is 5.10 Å². The summed E-state index contributed by atoms with van der Waals surface area (Å²) < 4.78 is 13.9. The van der Waals surface area contributed by atoms with Crippen LogP contribution in [0.1, 0.15) is 19.3 Å². The molecule has 1 amide bonds. The Labute approximate surface area is 215 Å². The first-order valence-electron chi connectivity index (χ1n) is 12.3. The molecule has 1 aliphatic carbocycles. The predicted octanol–water partition coefficient (Wildman–Crippen LogP) is 5.50. The van der Waals surface area contributed by atoms with Gasteiger partial charge in [-0.3, -0.25) is 14.9 Å². The van der Waals surface area contributed by atoms with Crippen molar-refractivity contribution >= 4 is 33.8 Å². The molecule has 0 spiro atoms. The van der Waals surface area contributed by atoms with Gasteiger partial charge in [-0.05, 0) is 54.8 Å². The zero-order chi connectivity index (χ0) is 25.6. The molecule has 5 heterocycles. The van der Waals surface area contributed by atoms with Gasteiger partial charge in [-0.25, -0.2) is 19.3 Å². The maximum absolute atomic E-state index is 13.9. The molecule has 1 saturated carbocycles. The third-order valence-corrected chi connectivity index (χ3v) is 6.94. The first kappa shape index (κ1) is 22.2. The molecule has 0 aliphatic heterocycles. The van der Waals surface area contributed by atoms with Crippen LogP contribution in [-0.4, -0.2) is 41.0 Å². The summed E-state index contributed by atoms with van der Waals surface area (Å²) in [5, 5.41) is 10.4. The van der Waals surface area contributed by atoms with Crippen LogP contribution in [0.4, 0.5) is 10.1 Å². The minimum atomic E-state index is -0.316. The van der Waals surface area contributed by atoms with E-state index in [2.05, 4.69) is 35.5 Å². The molecule has 5 aromatic heterocycles. The molecular weight excluding hydrogens is 483 g/mol. The first-order valence-corrected chi connectivity index (χ1v) is 12.3. The number of carbonyl (C=O) groups excluding carboxylic acids is 1. The molecule has 6 aromatic rings. The number of nitrogens with one attached hydrogen (secondary N) is 3. The fourth-order valence-electron chi connectivity index (χ4n) is 4.71. The summed E-state index contributed by atoms with van der Waals surface area (Å²) in [7, 11) is 0. The van der Waals surface area contributed by atoms with Crippen molar-refractivity contribution in [1.82, 2.24) is 35.1 Å². The number of rotatable bonds is 5. The van der Waals surface area contributed by atoms with E-state index in [4.69, 9.17) is 4.98 Å². The molecule has 38 heavy (non-hydrogen) atoms. The van der Waals surface area contributed by atoms with Crippen LogP contribution < -0.4 is 5.32 Å². The summed E-state index contributed by atoms with van der Waals surface area (Å²) in [5.41, 5.74) is 6.67. The highest BCUT2D eigenvalue weighted by atomic mass is 19.1. The van der Waals surface area contributed by atoms with Gasteiger partial charge < -0.3 is 10.3 Å². The molecule has 7 rings (SSSR count). The molecule has 1 aliphatic rings. The van der Waals surface area contributed by atoms with Crippen molar-refractivity contribution in [2.75, 3.05) is 5.32 Å². The van der Waals surface area contributed by atoms with E-state index < -0.39 is 0 Å². The standard InChI is InChI=1S/C28H21FN8O/c29-18-6-2-5-16(11-18)20-9-10-31-26-23(20)34-27(35-26)25-24-22(36-37-25)8-7-21(33-24)17-12-19(14-30-13-17)32-28(38)15-3-1-4-15/h2,5-15H,1,3-4H2,(H,32,38)(H,36,37)(H,31,34,35). The molecule has 186 valence electrons. The summed E-state index contributed by atoms with van der Waals surface area (Å²) in [6.45, 7) is 0. The lowest BCUT2D eigenvalue weighted by molar-refractivity contribution is -0.122. The molecule has 9 nitrogen and oxygen atoms in total. The maximum atomic E-state index is 13.9. The van der Waals surface area contributed by atoms with Crippen molar-refractivity contribution in [2.24, 2.45) is 5.92 Å². The molecule has 0 unspecified atom stereocenters. The summed E-state index contributed by atoms with van der Waals surface area (Å²) in [5.74, 6) is 0.295. The summed E-state index contributed by atoms with van der Waals surface area (Å²) in [6, 6.07) is 13.9. The van der Waals surface area contributed by atoms with E-state index in [0.29, 0.717) is 39.6 Å². The van der Waals surface area contributed by atoms with Crippen LogP contribution >= 0.6 is 0 Å². The number of aromatic nitrogens is 7. The number of nitrogens with zero attached hydrogens (tertiary/aromatic N) is 5. The normalized spacial score (nSPS) is 13.6. The van der Waals surface area contributed by atoms with Gasteiger partial charge in [0.15, 0.2) is 17.2 Å². The number of H-pyrrole nitrogens is 2. The van der Waals surface area contributed by atoms with Gasteiger partial charge >= 0.3 is 0 Å². The van der Waals surface area contributed by atoms with Gasteiger partial charge in [-0.1, -0.05) is 18.6 Å². The predicted molar refractivity (Wildman–Crippen MR) is 141 cm³/mol. The van der Waals surface area contributed by atoms with Gasteiger partial charge in [-0.15, -0.1) is 0 Å². The summed E-state index contributed by atoms with van der Waals surface area (Å²) in [4.78, 5) is 33.9. The average Bonchev–Trinajstić information content (AvgIpc) is 3.51. The molecule has 0 saturated heterocycles. The van der Waals surface area contributed by atoms with E-state index in [1.54, 1.807) is 24.7 Å². The van der Waals surface area contributed by atoms with E-state index in [-0.39, 0.29) is 17.6 Å². The quantitative estimate of drug-likeness (QED) is 0.285. The van der Waals surface area contributed by atoms with E-state index in [0.717, 1.165) is 41.5 Å². The number of hydrogen-bond acceptors (Lipinski definition) is 6. The van der Waals surface area contributed by atoms with Gasteiger partial charge in [0.05, 0.1) is 28.6 Å². The number of anilines is 1. The molecule has 0 atom stereocenters. The number of imidazole rings is 1. The second-order valence-corrected chi connectivity index (χ2v) is 9.40. The first-order chi connectivity index (χ1) is 18.6. The molecule has 3 N–H and O–H groups in total. The lowest BCUT2D eigenvalue weighted by Gasteiger charge is -2.24. The smallest absolute Gasteiger partial charge is 0.227 e. The van der Waals surface area contributed by atoms with E-state index >= 15 is 0 Å². The number of benzene rings is 1. The fraction of sp³-hybridized carbons (Fsp3) is 0.143. The number of carbonyl (C=O) groups is 1. The Kier molecular flexibility index (Phi) is 5.17. The van der Waals surface area contributed by atoms with Crippen LogP contribution in [0, 0.1) is 11.7 Å². The van der Waals surface area contributed by atoms with Crippen LogP contribution in [0.2, 0.25) is 0 Å². The Hall–Kier alpha value is -4.99. The molecule has 1 fully saturated rings. The van der Waals surface area contributed by atoms with Crippen LogP contribution in [0.25, 0.3) is 56.1 Å². The van der Waals surface area contributed by atoms with E-state index in [1.165, 1.54) is 12.1 Å². The molecule has 10 heteroatoms. The Morgan fingerprint density at radius 2 is 1.95 bits per heavy atom. The zero-order valence-corrected chi connectivity index (χ0v) is 20.1. The highest BCUT2D eigenvalue weighted by Gasteiger charge is 2.25. The van der Waals surface area contributed by atoms with Gasteiger partial charge in [0.2, 0.25) is 5.91 Å². The van der Waals surface area contributed by atoms with Crippen LogP contribution in [0.5, 0.6) is 0 Å². The Morgan fingerprint density at radius 1 is 1.03 bits per heavy atom. The number of hydrogen-bond donors (Lipinski definition) is 3. The number of fused-ring (bicyclic) bond motifs is 2. The number of aromatic amines is 2.